The lowest BCUT2D eigenvalue weighted by atomic mass is 9.70. The van der Waals surface area contributed by atoms with Crippen LogP contribution in [0, 0.1) is 11.3 Å². The van der Waals surface area contributed by atoms with Crippen molar-refractivity contribution in [3.05, 3.63) is 0 Å². The number of ketones is 1. The maximum Gasteiger partial charge on any atom is 0.143 e. The molecule has 1 aliphatic carbocycles. The highest BCUT2D eigenvalue weighted by Gasteiger charge is 2.41. The Morgan fingerprint density at radius 1 is 1.45 bits per heavy atom. The molecule has 11 heavy (non-hydrogen) atoms. The molecule has 1 fully saturated rings. The van der Waals surface area contributed by atoms with Crippen LogP contribution in [0.4, 0.5) is 0 Å². The highest BCUT2D eigenvalue weighted by molar-refractivity contribution is 5.87. The fourth-order valence-electron chi connectivity index (χ4n) is 1.70. The average Bonchev–Trinajstić information content (AvgIpc) is 1.95. The Morgan fingerprint density at radius 3 is 2.45 bits per heavy atom. The molecule has 0 aliphatic heterocycles. The third-order valence-electron chi connectivity index (χ3n) is 2.79. The van der Waals surface area contributed by atoms with Crippen molar-refractivity contribution < 1.29 is 9.90 Å². The molecule has 1 N–H and O–H groups in total. The molecule has 0 heterocycles. The van der Waals surface area contributed by atoms with E-state index in [2.05, 4.69) is 0 Å². The first-order valence-electron chi connectivity index (χ1n) is 4.18. The molecular formula is C9H16O2. The van der Waals surface area contributed by atoms with Gasteiger partial charge in [0.15, 0.2) is 0 Å². The summed E-state index contributed by atoms with van der Waals surface area (Å²) >= 11 is 0. The van der Waals surface area contributed by atoms with Crippen LogP contribution in [0.1, 0.15) is 33.6 Å². The predicted molar refractivity (Wildman–Crippen MR) is 43.2 cm³/mol. The van der Waals surface area contributed by atoms with E-state index in [1.807, 2.05) is 20.8 Å². The van der Waals surface area contributed by atoms with Gasteiger partial charge in [-0.15, -0.1) is 0 Å². The minimum atomic E-state index is -0.516. The van der Waals surface area contributed by atoms with E-state index in [0.29, 0.717) is 0 Å². The third-order valence-corrected chi connectivity index (χ3v) is 2.79. The fourth-order valence-corrected chi connectivity index (χ4v) is 1.70. The molecule has 1 saturated carbocycles. The van der Waals surface area contributed by atoms with Crippen LogP contribution < -0.4 is 0 Å². The highest BCUT2D eigenvalue weighted by atomic mass is 16.3. The van der Waals surface area contributed by atoms with Gasteiger partial charge in [0.2, 0.25) is 0 Å². The van der Waals surface area contributed by atoms with Crippen molar-refractivity contribution in [2.24, 2.45) is 11.3 Å². The van der Waals surface area contributed by atoms with Crippen LogP contribution in [0.3, 0.4) is 0 Å². The van der Waals surface area contributed by atoms with Gasteiger partial charge in [0.25, 0.3) is 0 Å². The topological polar surface area (TPSA) is 37.3 Å². The smallest absolute Gasteiger partial charge is 0.143 e. The molecule has 0 aromatic rings. The van der Waals surface area contributed by atoms with E-state index in [0.717, 1.165) is 12.8 Å². The number of aliphatic hydroxyl groups excluding tert-OH is 1. The molecule has 0 aromatic heterocycles. The Morgan fingerprint density at radius 2 is 2.00 bits per heavy atom. The first kappa shape index (κ1) is 8.72. The van der Waals surface area contributed by atoms with E-state index in [4.69, 9.17) is 0 Å². The molecule has 0 unspecified atom stereocenters. The predicted octanol–water partition coefficient (Wildman–Crippen LogP) is 1.37. The van der Waals surface area contributed by atoms with Gasteiger partial charge in [-0.05, 0) is 12.8 Å². The van der Waals surface area contributed by atoms with Gasteiger partial charge < -0.3 is 5.11 Å². The molecule has 0 bridgehead atoms. The van der Waals surface area contributed by atoms with Crippen LogP contribution in [-0.4, -0.2) is 17.0 Å². The third kappa shape index (κ3) is 1.32. The van der Waals surface area contributed by atoms with Crippen LogP contribution in [0.5, 0.6) is 0 Å². The summed E-state index contributed by atoms with van der Waals surface area (Å²) in [6, 6.07) is 0. The molecule has 2 nitrogen and oxygen atoms in total. The molecule has 0 radical (unpaired) electrons. The average molecular weight is 156 g/mol. The summed E-state index contributed by atoms with van der Waals surface area (Å²) in [7, 11) is 0. The van der Waals surface area contributed by atoms with Crippen LogP contribution in [0.15, 0.2) is 0 Å². The molecule has 0 aromatic carbocycles. The monoisotopic (exact) mass is 156 g/mol. The van der Waals surface area contributed by atoms with Gasteiger partial charge in [0.05, 0.1) is 6.10 Å². The molecule has 0 spiro atoms. The lowest BCUT2D eigenvalue weighted by molar-refractivity contribution is -0.141. The maximum absolute atomic E-state index is 11.5. The summed E-state index contributed by atoms with van der Waals surface area (Å²) in [5.74, 6) is 0.338. The van der Waals surface area contributed by atoms with E-state index >= 15 is 0 Å². The first-order valence-corrected chi connectivity index (χ1v) is 4.18. The Hall–Kier alpha value is -0.370. The second-order valence-corrected chi connectivity index (χ2v) is 4.08. The summed E-state index contributed by atoms with van der Waals surface area (Å²) in [6.07, 6.45) is 1.16. The Balaban J connectivity index is 2.81. The largest absolute Gasteiger partial charge is 0.392 e. The summed E-state index contributed by atoms with van der Waals surface area (Å²) in [5.41, 5.74) is -0.516. The Labute approximate surface area is 67.6 Å². The SMILES string of the molecule is C[C@@H]1CC[C@@H](O)C(C)(C)C1=O. The van der Waals surface area contributed by atoms with E-state index in [-0.39, 0.29) is 11.7 Å². The normalized spacial score (nSPS) is 37.3. The standard InChI is InChI=1S/C9H16O2/c1-6-4-5-7(10)9(2,3)8(6)11/h6-7,10H,4-5H2,1-3H3/t6-,7-/m1/s1. The van der Waals surface area contributed by atoms with Gasteiger partial charge in [-0.25, -0.2) is 0 Å². The molecule has 1 aliphatic rings. The number of aliphatic hydroxyl groups is 1. The van der Waals surface area contributed by atoms with Crippen molar-refractivity contribution in [1.82, 2.24) is 0 Å². The summed E-state index contributed by atoms with van der Waals surface area (Å²) in [6.45, 7) is 5.60. The van der Waals surface area contributed by atoms with Gasteiger partial charge in [0, 0.05) is 11.3 Å². The van der Waals surface area contributed by atoms with E-state index < -0.39 is 11.5 Å². The van der Waals surface area contributed by atoms with E-state index in [9.17, 15) is 9.90 Å². The minimum absolute atomic E-state index is 0.133. The number of Topliss-reactive ketones (excluding diaryl/α,β-unsaturated/α-hetero) is 1. The molecular weight excluding hydrogens is 140 g/mol. The van der Waals surface area contributed by atoms with Crippen LogP contribution >= 0.6 is 0 Å². The maximum atomic E-state index is 11.5. The first-order chi connectivity index (χ1) is 4.96. The van der Waals surface area contributed by atoms with Gasteiger partial charge in [-0.2, -0.15) is 0 Å². The molecule has 64 valence electrons. The quantitative estimate of drug-likeness (QED) is 0.575. The zero-order valence-corrected chi connectivity index (χ0v) is 7.42. The highest BCUT2D eigenvalue weighted by Crippen LogP contribution is 2.35. The van der Waals surface area contributed by atoms with Crippen molar-refractivity contribution in [3.8, 4) is 0 Å². The van der Waals surface area contributed by atoms with Crippen LogP contribution in [-0.2, 0) is 4.79 Å². The number of hydrogen-bond acceptors (Lipinski definition) is 2. The Kier molecular flexibility index (Phi) is 2.06. The lowest BCUT2D eigenvalue weighted by Gasteiger charge is -2.36. The minimum Gasteiger partial charge on any atom is -0.392 e. The van der Waals surface area contributed by atoms with E-state index in [1.165, 1.54) is 0 Å². The molecule has 2 atom stereocenters. The molecule has 1 rings (SSSR count). The van der Waals surface area contributed by atoms with Crippen molar-refractivity contribution in [2.75, 3.05) is 0 Å². The van der Waals surface area contributed by atoms with Gasteiger partial charge in [-0.1, -0.05) is 20.8 Å². The fraction of sp³-hybridized carbons (Fsp3) is 0.889. The summed E-state index contributed by atoms with van der Waals surface area (Å²) in [5, 5.41) is 9.50. The number of rotatable bonds is 0. The van der Waals surface area contributed by atoms with E-state index in [1.54, 1.807) is 0 Å². The molecule has 2 heteroatoms. The van der Waals surface area contributed by atoms with Gasteiger partial charge in [0.1, 0.15) is 5.78 Å². The van der Waals surface area contributed by atoms with Crippen molar-refractivity contribution in [1.29, 1.82) is 0 Å². The van der Waals surface area contributed by atoms with Gasteiger partial charge in [-0.3, -0.25) is 4.79 Å². The van der Waals surface area contributed by atoms with Crippen molar-refractivity contribution >= 4 is 5.78 Å². The van der Waals surface area contributed by atoms with Crippen LogP contribution in [0.2, 0.25) is 0 Å². The second kappa shape index (κ2) is 2.59. The van der Waals surface area contributed by atoms with Crippen molar-refractivity contribution in [3.63, 3.8) is 0 Å². The van der Waals surface area contributed by atoms with Crippen molar-refractivity contribution in [2.45, 2.75) is 39.7 Å². The zero-order valence-electron chi connectivity index (χ0n) is 7.42. The zero-order chi connectivity index (χ0) is 8.65. The van der Waals surface area contributed by atoms with Crippen LogP contribution in [0.25, 0.3) is 0 Å². The summed E-state index contributed by atoms with van der Waals surface area (Å²) in [4.78, 5) is 11.5. The second-order valence-electron chi connectivity index (χ2n) is 4.08. The summed E-state index contributed by atoms with van der Waals surface area (Å²) < 4.78 is 0. The molecule has 0 saturated heterocycles. The Bertz CT molecular complexity index is 172. The number of hydrogen-bond donors (Lipinski definition) is 1. The number of carbonyl (C=O) groups is 1. The number of carbonyl (C=O) groups excluding carboxylic acids is 1. The van der Waals surface area contributed by atoms with Gasteiger partial charge >= 0.3 is 0 Å². The lowest BCUT2D eigenvalue weighted by Crippen LogP contribution is -2.44. The molecule has 0 amide bonds.